The fourth-order valence-corrected chi connectivity index (χ4v) is 2.29. The summed E-state index contributed by atoms with van der Waals surface area (Å²) in [7, 11) is 0. The first kappa shape index (κ1) is 13.5. The maximum atomic E-state index is 13.0. The number of β-amino-alcohol motifs (C(OH)–C–C–N with tert-alkyl or cyclic N) is 1. The summed E-state index contributed by atoms with van der Waals surface area (Å²) in [5.41, 5.74) is 0.682. The van der Waals surface area contributed by atoms with Gasteiger partial charge in [-0.15, -0.1) is 0 Å². The standard InChI is InChI=1S/C12H14BrFN2O2/c13-10-2-1-8(14)3-7(10)5-16-12(18)11-4-9(17)6-15-11/h1-3,9,11,15,17H,4-6H2,(H,16,18)/t9-,11-/m0/s1. The predicted molar refractivity (Wildman–Crippen MR) is 68.4 cm³/mol. The van der Waals surface area contributed by atoms with E-state index in [4.69, 9.17) is 0 Å². The van der Waals surface area contributed by atoms with Crippen molar-refractivity contribution in [2.75, 3.05) is 6.54 Å². The molecule has 0 spiro atoms. The molecule has 3 N–H and O–H groups in total. The third kappa shape index (κ3) is 3.28. The summed E-state index contributed by atoms with van der Waals surface area (Å²) in [6, 6.07) is 3.97. The van der Waals surface area contributed by atoms with Crippen molar-refractivity contribution in [3.8, 4) is 0 Å². The molecule has 1 amide bonds. The highest BCUT2D eigenvalue weighted by atomic mass is 79.9. The zero-order valence-electron chi connectivity index (χ0n) is 9.62. The molecule has 1 aliphatic heterocycles. The van der Waals surface area contributed by atoms with Crippen LogP contribution in [0.4, 0.5) is 4.39 Å². The van der Waals surface area contributed by atoms with E-state index in [0.29, 0.717) is 18.5 Å². The highest BCUT2D eigenvalue weighted by molar-refractivity contribution is 9.10. The van der Waals surface area contributed by atoms with Crippen molar-refractivity contribution in [2.45, 2.75) is 25.1 Å². The van der Waals surface area contributed by atoms with E-state index in [9.17, 15) is 14.3 Å². The van der Waals surface area contributed by atoms with E-state index in [2.05, 4.69) is 26.6 Å². The monoisotopic (exact) mass is 316 g/mol. The van der Waals surface area contributed by atoms with Gasteiger partial charge in [-0.1, -0.05) is 15.9 Å². The number of carbonyl (C=O) groups excluding carboxylic acids is 1. The Labute approximate surface area is 113 Å². The van der Waals surface area contributed by atoms with E-state index in [0.717, 1.165) is 4.47 Å². The van der Waals surface area contributed by atoms with E-state index in [1.165, 1.54) is 12.1 Å². The molecule has 0 unspecified atom stereocenters. The Balaban J connectivity index is 1.91. The molecular weight excluding hydrogens is 303 g/mol. The second-order valence-electron chi connectivity index (χ2n) is 4.30. The number of carbonyl (C=O) groups is 1. The molecule has 18 heavy (non-hydrogen) atoms. The van der Waals surface area contributed by atoms with Crippen LogP contribution >= 0.6 is 15.9 Å². The zero-order valence-corrected chi connectivity index (χ0v) is 11.2. The van der Waals surface area contributed by atoms with E-state index >= 15 is 0 Å². The Morgan fingerprint density at radius 1 is 1.61 bits per heavy atom. The van der Waals surface area contributed by atoms with Gasteiger partial charge in [-0.05, 0) is 30.2 Å². The Kier molecular flexibility index (Phi) is 4.31. The molecule has 6 heteroatoms. The first-order valence-corrected chi connectivity index (χ1v) is 6.48. The Morgan fingerprint density at radius 2 is 2.39 bits per heavy atom. The van der Waals surface area contributed by atoms with Crippen molar-refractivity contribution in [1.82, 2.24) is 10.6 Å². The van der Waals surface area contributed by atoms with Crippen LogP contribution < -0.4 is 10.6 Å². The van der Waals surface area contributed by atoms with Crippen LogP contribution in [-0.2, 0) is 11.3 Å². The second-order valence-corrected chi connectivity index (χ2v) is 5.16. The smallest absolute Gasteiger partial charge is 0.237 e. The normalized spacial score (nSPS) is 23.1. The van der Waals surface area contributed by atoms with Crippen LogP contribution in [0.5, 0.6) is 0 Å². The van der Waals surface area contributed by atoms with E-state index in [1.807, 2.05) is 0 Å². The van der Waals surface area contributed by atoms with Crippen molar-refractivity contribution >= 4 is 21.8 Å². The summed E-state index contributed by atoms with van der Waals surface area (Å²) in [6.45, 7) is 0.688. The average molecular weight is 317 g/mol. The molecule has 1 aliphatic rings. The second kappa shape index (κ2) is 5.77. The van der Waals surface area contributed by atoms with Crippen molar-refractivity contribution in [1.29, 1.82) is 0 Å². The van der Waals surface area contributed by atoms with Crippen molar-refractivity contribution in [3.05, 3.63) is 34.1 Å². The molecule has 0 aliphatic carbocycles. The van der Waals surface area contributed by atoms with E-state index < -0.39 is 6.10 Å². The largest absolute Gasteiger partial charge is 0.392 e. The van der Waals surface area contributed by atoms with Crippen LogP contribution in [0, 0.1) is 5.82 Å². The van der Waals surface area contributed by atoms with Crippen LogP contribution in [0.3, 0.4) is 0 Å². The minimum absolute atomic E-state index is 0.178. The van der Waals surface area contributed by atoms with Gasteiger partial charge in [-0.3, -0.25) is 4.79 Å². The molecule has 2 rings (SSSR count). The van der Waals surface area contributed by atoms with Gasteiger partial charge in [0.2, 0.25) is 5.91 Å². The third-order valence-electron chi connectivity index (χ3n) is 2.88. The van der Waals surface area contributed by atoms with Gasteiger partial charge < -0.3 is 15.7 Å². The van der Waals surface area contributed by atoms with E-state index in [-0.39, 0.29) is 24.3 Å². The van der Waals surface area contributed by atoms with Crippen molar-refractivity contribution in [3.63, 3.8) is 0 Å². The molecule has 1 aromatic rings. The molecule has 0 radical (unpaired) electrons. The minimum atomic E-state index is -0.471. The SMILES string of the molecule is O=C(NCc1cc(F)ccc1Br)[C@@H]1C[C@H](O)CN1. The molecule has 1 heterocycles. The van der Waals surface area contributed by atoms with Gasteiger partial charge in [0, 0.05) is 17.6 Å². The van der Waals surface area contributed by atoms with Crippen LogP contribution in [0.1, 0.15) is 12.0 Å². The summed E-state index contributed by atoms with van der Waals surface area (Å²) < 4.78 is 13.8. The van der Waals surface area contributed by atoms with Gasteiger partial charge in [0.15, 0.2) is 0 Å². The highest BCUT2D eigenvalue weighted by Gasteiger charge is 2.27. The Bertz CT molecular complexity index is 456. The number of hydrogen-bond donors (Lipinski definition) is 3. The van der Waals surface area contributed by atoms with Gasteiger partial charge in [0.05, 0.1) is 12.1 Å². The molecule has 2 atom stereocenters. The summed E-state index contributed by atoms with van der Waals surface area (Å²) in [5, 5.41) is 15.0. The topological polar surface area (TPSA) is 61.4 Å². The number of halogens is 2. The number of rotatable bonds is 3. The minimum Gasteiger partial charge on any atom is -0.392 e. The number of nitrogens with one attached hydrogen (secondary N) is 2. The fraction of sp³-hybridized carbons (Fsp3) is 0.417. The molecule has 0 bridgehead atoms. The fourth-order valence-electron chi connectivity index (χ4n) is 1.90. The molecule has 1 fully saturated rings. The van der Waals surface area contributed by atoms with Crippen molar-refractivity contribution in [2.24, 2.45) is 0 Å². The van der Waals surface area contributed by atoms with Gasteiger partial charge in [-0.2, -0.15) is 0 Å². The van der Waals surface area contributed by atoms with Gasteiger partial charge in [0.1, 0.15) is 5.82 Å². The number of hydrogen-bond acceptors (Lipinski definition) is 3. The van der Waals surface area contributed by atoms with Gasteiger partial charge in [0.25, 0.3) is 0 Å². The molecule has 0 saturated carbocycles. The molecule has 1 aromatic carbocycles. The molecule has 1 saturated heterocycles. The summed E-state index contributed by atoms with van der Waals surface area (Å²) in [4.78, 5) is 11.8. The number of amides is 1. The average Bonchev–Trinajstić information content (AvgIpc) is 2.77. The molecule has 0 aromatic heterocycles. The van der Waals surface area contributed by atoms with Crippen LogP contribution in [0.15, 0.2) is 22.7 Å². The van der Waals surface area contributed by atoms with Gasteiger partial charge in [-0.25, -0.2) is 4.39 Å². The molecule has 4 nitrogen and oxygen atoms in total. The first-order valence-electron chi connectivity index (χ1n) is 5.69. The quantitative estimate of drug-likeness (QED) is 0.777. The maximum Gasteiger partial charge on any atom is 0.237 e. The lowest BCUT2D eigenvalue weighted by Gasteiger charge is -2.12. The summed E-state index contributed by atoms with van der Waals surface area (Å²) in [6.07, 6.45) is -0.0578. The zero-order chi connectivity index (χ0) is 13.1. The van der Waals surface area contributed by atoms with Gasteiger partial charge >= 0.3 is 0 Å². The number of aliphatic hydroxyl groups excluding tert-OH is 1. The highest BCUT2D eigenvalue weighted by Crippen LogP contribution is 2.17. The lowest BCUT2D eigenvalue weighted by atomic mass is 10.1. The Hall–Kier alpha value is -0.980. The van der Waals surface area contributed by atoms with E-state index in [1.54, 1.807) is 6.07 Å². The lowest BCUT2D eigenvalue weighted by Crippen LogP contribution is -2.40. The lowest BCUT2D eigenvalue weighted by molar-refractivity contribution is -0.123. The first-order chi connectivity index (χ1) is 8.56. The molecule has 98 valence electrons. The number of benzene rings is 1. The third-order valence-corrected chi connectivity index (χ3v) is 3.66. The Morgan fingerprint density at radius 3 is 3.06 bits per heavy atom. The number of aliphatic hydroxyl groups is 1. The summed E-state index contributed by atoms with van der Waals surface area (Å²) in [5.74, 6) is -0.514. The maximum absolute atomic E-state index is 13.0. The molecular formula is C12H14BrFN2O2. The summed E-state index contributed by atoms with van der Waals surface area (Å²) >= 11 is 3.30. The van der Waals surface area contributed by atoms with Crippen LogP contribution in [0.25, 0.3) is 0 Å². The van der Waals surface area contributed by atoms with Crippen LogP contribution in [0.2, 0.25) is 0 Å². The van der Waals surface area contributed by atoms with Crippen LogP contribution in [-0.4, -0.2) is 29.7 Å². The predicted octanol–water partition coefficient (Wildman–Crippen LogP) is 0.927. The van der Waals surface area contributed by atoms with Crippen molar-refractivity contribution < 1.29 is 14.3 Å².